The lowest BCUT2D eigenvalue weighted by Crippen LogP contribution is -2.56. The van der Waals surface area contributed by atoms with Crippen molar-refractivity contribution in [2.24, 2.45) is 0 Å². The fraction of sp³-hybridized carbons (Fsp3) is 0.500. The largest absolute Gasteiger partial charge is 0.315 e. The molecule has 2 rings (SSSR count). The Morgan fingerprint density at radius 2 is 2.07 bits per heavy atom. The van der Waals surface area contributed by atoms with Gasteiger partial charge in [-0.2, -0.15) is 0 Å². The molecule has 1 aromatic rings. The van der Waals surface area contributed by atoms with Crippen LogP contribution in [-0.4, -0.2) is 13.1 Å². The molecular weight excluding hydrogens is 238 g/mol. The molecule has 0 aromatic heterocycles. The lowest BCUT2D eigenvalue weighted by atomic mass is 9.72. The standard InChI is InChI=1S/C12H16BrN/c1-2-7-12(8-14-9-12)10-5-3-4-6-11(10)13/h3-6,14H,2,7-9H2,1H3. The molecule has 1 N–H and O–H groups in total. The first-order valence-electron chi connectivity index (χ1n) is 5.24. The predicted molar refractivity (Wildman–Crippen MR) is 63.6 cm³/mol. The monoisotopic (exact) mass is 253 g/mol. The summed E-state index contributed by atoms with van der Waals surface area (Å²) >= 11 is 3.65. The highest BCUT2D eigenvalue weighted by Crippen LogP contribution is 2.37. The second-order valence-corrected chi connectivity index (χ2v) is 4.97. The van der Waals surface area contributed by atoms with Crippen LogP contribution in [0.2, 0.25) is 0 Å². The molecule has 2 heteroatoms. The summed E-state index contributed by atoms with van der Waals surface area (Å²) in [4.78, 5) is 0. The Hall–Kier alpha value is -0.340. The van der Waals surface area contributed by atoms with Crippen LogP contribution in [0.5, 0.6) is 0 Å². The molecule has 0 radical (unpaired) electrons. The van der Waals surface area contributed by atoms with E-state index in [2.05, 4.69) is 52.4 Å². The molecule has 0 unspecified atom stereocenters. The highest BCUT2D eigenvalue weighted by molar-refractivity contribution is 9.10. The van der Waals surface area contributed by atoms with Crippen molar-refractivity contribution in [1.29, 1.82) is 0 Å². The molecule has 0 bridgehead atoms. The zero-order valence-corrected chi connectivity index (χ0v) is 10.1. The van der Waals surface area contributed by atoms with E-state index in [1.807, 2.05) is 0 Å². The van der Waals surface area contributed by atoms with Crippen molar-refractivity contribution in [2.45, 2.75) is 25.2 Å². The van der Waals surface area contributed by atoms with Crippen LogP contribution in [0.25, 0.3) is 0 Å². The highest BCUT2D eigenvalue weighted by Gasteiger charge is 2.38. The van der Waals surface area contributed by atoms with Crippen LogP contribution in [0.1, 0.15) is 25.3 Å². The maximum atomic E-state index is 3.65. The minimum absolute atomic E-state index is 0.398. The normalized spacial score (nSPS) is 19.0. The van der Waals surface area contributed by atoms with Crippen LogP contribution >= 0.6 is 15.9 Å². The van der Waals surface area contributed by atoms with Gasteiger partial charge < -0.3 is 5.32 Å². The van der Waals surface area contributed by atoms with E-state index in [-0.39, 0.29) is 0 Å². The summed E-state index contributed by atoms with van der Waals surface area (Å²) in [6.07, 6.45) is 2.53. The summed E-state index contributed by atoms with van der Waals surface area (Å²) in [5, 5.41) is 3.39. The molecule has 1 aliphatic heterocycles. The first kappa shape index (κ1) is 10.2. The van der Waals surface area contributed by atoms with Gasteiger partial charge >= 0.3 is 0 Å². The van der Waals surface area contributed by atoms with Crippen molar-refractivity contribution in [1.82, 2.24) is 5.32 Å². The molecule has 1 fully saturated rings. The second-order valence-electron chi connectivity index (χ2n) is 4.11. The molecule has 1 aliphatic rings. The first-order chi connectivity index (χ1) is 6.78. The summed E-state index contributed by atoms with van der Waals surface area (Å²) in [5.74, 6) is 0. The zero-order chi connectivity index (χ0) is 10.0. The van der Waals surface area contributed by atoms with Gasteiger partial charge in [-0.3, -0.25) is 0 Å². The van der Waals surface area contributed by atoms with E-state index in [0.29, 0.717) is 5.41 Å². The lowest BCUT2D eigenvalue weighted by Gasteiger charge is -2.44. The average molecular weight is 254 g/mol. The van der Waals surface area contributed by atoms with Crippen molar-refractivity contribution in [3.63, 3.8) is 0 Å². The molecule has 1 saturated heterocycles. The number of rotatable bonds is 3. The Morgan fingerprint density at radius 1 is 1.36 bits per heavy atom. The van der Waals surface area contributed by atoms with Gasteiger partial charge in [0.05, 0.1) is 0 Å². The first-order valence-corrected chi connectivity index (χ1v) is 6.03. The molecule has 1 nitrogen and oxygen atoms in total. The molecule has 0 spiro atoms. The van der Waals surface area contributed by atoms with Gasteiger partial charge in [-0.05, 0) is 18.1 Å². The Balaban J connectivity index is 2.32. The van der Waals surface area contributed by atoms with E-state index in [1.54, 1.807) is 0 Å². The smallest absolute Gasteiger partial charge is 0.0213 e. The quantitative estimate of drug-likeness (QED) is 0.874. The molecule has 0 aliphatic carbocycles. The third-order valence-corrected chi connectivity index (χ3v) is 3.79. The highest BCUT2D eigenvalue weighted by atomic mass is 79.9. The number of nitrogens with one attached hydrogen (secondary N) is 1. The van der Waals surface area contributed by atoms with Crippen LogP contribution in [0, 0.1) is 0 Å². The number of hydrogen-bond donors (Lipinski definition) is 1. The van der Waals surface area contributed by atoms with E-state index in [4.69, 9.17) is 0 Å². The molecule has 76 valence electrons. The molecule has 0 atom stereocenters. The third-order valence-electron chi connectivity index (χ3n) is 3.10. The molecule has 0 saturated carbocycles. The van der Waals surface area contributed by atoms with E-state index in [1.165, 1.54) is 22.9 Å². The summed E-state index contributed by atoms with van der Waals surface area (Å²) < 4.78 is 1.26. The van der Waals surface area contributed by atoms with Gasteiger partial charge in [-0.15, -0.1) is 0 Å². The van der Waals surface area contributed by atoms with Crippen molar-refractivity contribution >= 4 is 15.9 Å². The van der Waals surface area contributed by atoms with Crippen molar-refractivity contribution < 1.29 is 0 Å². The minimum atomic E-state index is 0.398. The van der Waals surface area contributed by atoms with Gasteiger partial charge in [0, 0.05) is 23.0 Å². The van der Waals surface area contributed by atoms with Crippen molar-refractivity contribution in [3.8, 4) is 0 Å². The summed E-state index contributed by atoms with van der Waals surface area (Å²) in [6.45, 7) is 4.52. The van der Waals surface area contributed by atoms with Crippen molar-refractivity contribution in [2.75, 3.05) is 13.1 Å². The summed E-state index contributed by atoms with van der Waals surface area (Å²) in [6, 6.07) is 8.61. The van der Waals surface area contributed by atoms with Crippen LogP contribution < -0.4 is 5.32 Å². The fourth-order valence-electron chi connectivity index (χ4n) is 2.30. The molecule has 14 heavy (non-hydrogen) atoms. The van der Waals surface area contributed by atoms with E-state index in [0.717, 1.165) is 13.1 Å². The zero-order valence-electron chi connectivity index (χ0n) is 8.52. The molecule has 1 heterocycles. The number of benzene rings is 1. The average Bonchev–Trinajstić information content (AvgIpc) is 2.13. The maximum Gasteiger partial charge on any atom is 0.0213 e. The van der Waals surface area contributed by atoms with Crippen LogP contribution in [0.15, 0.2) is 28.7 Å². The second kappa shape index (κ2) is 4.03. The predicted octanol–water partition coefficient (Wildman–Crippen LogP) is 3.09. The van der Waals surface area contributed by atoms with Gasteiger partial charge in [-0.25, -0.2) is 0 Å². The Morgan fingerprint density at radius 3 is 2.57 bits per heavy atom. The van der Waals surface area contributed by atoms with Crippen LogP contribution in [-0.2, 0) is 5.41 Å². The van der Waals surface area contributed by atoms with Crippen LogP contribution in [0.3, 0.4) is 0 Å². The molecule has 1 aromatic carbocycles. The van der Waals surface area contributed by atoms with E-state index >= 15 is 0 Å². The van der Waals surface area contributed by atoms with E-state index < -0.39 is 0 Å². The topological polar surface area (TPSA) is 12.0 Å². The maximum absolute atomic E-state index is 3.65. The number of halogens is 1. The van der Waals surface area contributed by atoms with Crippen molar-refractivity contribution in [3.05, 3.63) is 34.3 Å². The molecule has 0 amide bonds. The SMILES string of the molecule is CCCC1(c2ccccc2Br)CNC1. The Kier molecular flexibility index (Phi) is 2.93. The van der Waals surface area contributed by atoms with E-state index in [9.17, 15) is 0 Å². The summed E-state index contributed by atoms with van der Waals surface area (Å²) in [7, 11) is 0. The van der Waals surface area contributed by atoms with Gasteiger partial charge in [0.2, 0.25) is 0 Å². The lowest BCUT2D eigenvalue weighted by molar-refractivity contribution is 0.254. The van der Waals surface area contributed by atoms with Crippen LogP contribution in [0.4, 0.5) is 0 Å². The number of hydrogen-bond acceptors (Lipinski definition) is 1. The van der Waals surface area contributed by atoms with Gasteiger partial charge in [0.25, 0.3) is 0 Å². The van der Waals surface area contributed by atoms with Gasteiger partial charge in [0.1, 0.15) is 0 Å². The Labute approximate surface area is 94.0 Å². The summed E-state index contributed by atoms with van der Waals surface area (Å²) in [5.41, 5.74) is 1.87. The third kappa shape index (κ3) is 1.61. The Bertz CT molecular complexity index is 318. The van der Waals surface area contributed by atoms with Gasteiger partial charge in [0.15, 0.2) is 0 Å². The van der Waals surface area contributed by atoms with Gasteiger partial charge in [-0.1, -0.05) is 47.5 Å². The minimum Gasteiger partial charge on any atom is -0.315 e. The molecular formula is C12H16BrN. The fourth-order valence-corrected chi connectivity index (χ4v) is 3.00.